The first-order chi connectivity index (χ1) is 15.0. The molecular formula is C25H27N3O3. The molecule has 1 aliphatic rings. The van der Waals surface area contributed by atoms with Crippen LogP contribution >= 0.6 is 0 Å². The van der Waals surface area contributed by atoms with Crippen molar-refractivity contribution in [3.05, 3.63) is 82.2 Å². The van der Waals surface area contributed by atoms with E-state index in [0.29, 0.717) is 26.3 Å². The van der Waals surface area contributed by atoms with Crippen LogP contribution in [0.2, 0.25) is 0 Å². The number of benzene rings is 2. The molecule has 0 radical (unpaired) electrons. The maximum Gasteiger partial charge on any atom is 0.244 e. The van der Waals surface area contributed by atoms with Crippen LogP contribution in [0.25, 0.3) is 6.08 Å². The molecule has 0 bridgehead atoms. The van der Waals surface area contributed by atoms with Gasteiger partial charge in [-0.25, -0.2) is 0 Å². The van der Waals surface area contributed by atoms with Crippen molar-refractivity contribution in [2.45, 2.75) is 33.9 Å². The number of carbonyl (C=O) groups excluding carboxylic acids is 1. The van der Waals surface area contributed by atoms with Gasteiger partial charge in [-0.1, -0.05) is 35.9 Å². The third-order valence-corrected chi connectivity index (χ3v) is 5.37. The van der Waals surface area contributed by atoms with Gasteiger partial charge in [-0.15, -0.1) is 0 Å². The average Bonchev–Trinajstić information content (AvgIpc) is 3.04. The topological polar surface area (TPSA) is 65.4 Å². The maximum atomic E-state index is 12.3. The summed E-state index contributed by atoms with van der Waals surface area (Å²) < 4.78 is 13.1. The Balaban J connectivity index is 1.38. The minimum absolute atomic E-state index is 0.153. The van der Waals surface area contributed by atoms with Crippen molar-refractivity contribution in [1.29, 1.82) is 0 Å². The van der Waals surface area contributed by atoms with Crippen LogP contribution in [0.1, 0.15) is 33.6 Å². The van der Waals surface area contributed by atoms with Crippen molar-refractivity contribution >= 4 is 12.0 Å². The monoisotopic (exact) mass is 417 g/mol. The lowest BCUT2D eigenvalue weighted by atomic mass is 10.1. The Morgan fingerprint density at radius 1 is 1.03 bits per heavy atom. The van der Waals surface area contributed by atoms with Gasteiger partial charge in [-0.05, 0) is 50.1 Å². The molecule has 0 saturated heterocycles. The molecule has 2 heterocycles. The summed E-state index contributed by atoms with van der Waals surface area (Å²) >= 11 is 0. The van der Waals surface area contributed by atoms with E-state index in [1.165, 1.54) is 11.1 Å². The molecule has 1 N–H and O–H groups in total. The third-order valence-electron chi connectivity index (χ3n) is 5.37. The molecule has 0 atom stereocenters. The summed E-state index contributed by atoms with van der Waals surface area (Å²) in [6, 6.07) is 14.2. The number of aromatic nitrogens is 2. The highest BCUT2D eigenvalue weighted by Gasteiger charge is 2.12. The zero-order valence-corrected chi connectivity index (χ0v) is 18.1. The Morgan fingerprint density at radius 3 is 2.52 bits per heavy atom. The smallest absolute Gasteiger partial charge is 0.244 e. The van der Waals surface area contributed by atoms with E-state index in [4.69, 9.17) is 9.47 Å². The van der Waals surface area contributed by atoms with Crippen LogP contribution in [0, 0.1) is 20.8 Å². The fraction of sp³-hybridized carbons (Fsp3) is 0.280. The zero-order valence-electron chi connectivity index (χ0n) is 18.1. The molecule has 3 aromatic rings. The SMILES string of the molecule is Cc1ccc(Cn2nc(C)c(/C=C/C(=O)NCc3ccc4c(c3)OCCO4)c2C)cc1. The summed E-state index contributed by atoms with van der Waals surface area (Å²) in [5.41, 5.74) is 6.31. The van der Waals surface area contributed by atoms with E-state index in [1.54, 1.807) is 6.08 Å². The second-order valence-electron chi connectivity index (χ2n) is 7.76. The summed E-state index contributed by atoms with van der Waals surface area (Å²) in [5.74, 6) is 1.32. The molecule has 1 amide bonds. The summed E-state index contributed by atoms with van der Waals surface area (Å²) in [6.45, 7) is 8.30. The van der Waals surface area contributed by atoms with E-state index in [-0.39, 0.29) is 5.91 Å². The second-order valence-corrected chi connectivity index (χ2v) is 7.76. The lowest BCUT2D eigenvalue weighted by molar-refractivity contribution is -0.116. The molecule has 160 valence electrons. The molecule has 0 saturated carbocycles. The number of rotatable bonds is 6. The number of hydrogen-bond donors (Lipinski definition) is 1. The van der Waals surface area contributed by atoms with Crippen LogP contribution in [-0.2, 0) is 17.9 Å². The van der Waals surface area contributed by atoms with E-state index in [2.05, 4.69) is 41.6 Å². The van der Waals surface area contributed by atoms with Crippen molar-refractivity contribution < 1.29 is 14.3 Å². The first-order valence-corrected chi connectivity index (χ1v) is 10.4. The molecule has 1 aliphatic heterocycles. The van der Waals surface area contributed by atoms with Crippen molar-refractivity contribution in [1.82, 2.24) is 15.1 Å². The van der Waals surface area contributed by atoms with Gasteiger partial charge in [0.1, 0.15) is 13.2 Å². The van der Waals surface area contributed by atoms with E-state index >= 15 is 0 Å². The van der Waals surface area contributed by atoms with Crippen LogP contribution in [0.3, 0.4) is 0 Å². The van der Waals surface area contributed by atoms with Crippen molar-refractivity contribution in [2.75, 3.05) is 13.2 Å². The molecule has 31 heavy (non-hydrogen) atoms. The van der Waals surface area contributed by atoms with E-state index in [9.17, 15) is 4.79 Å². The van der Waals surface area contributed by atoms with Crippen molar-refractivity contribution in [3.63, 3.8) is 0 Å². The van der Waals surface area contributed by atoms with Gasteiger partial charge >= 0.3 is 0 Å². The molecular weight excluding hydrogens is 390 g/mol. The Morgan fingerprint density at radius 2 is 1.74 bits per heavy atom. The molecule has 0 aliphatic carbocycles. The number of amides is 1. The molecule has 0 spiro atoms. The van der Waals surface area contributed by atoms with Gasteiger partial charge < -0.3 is 14.8 Å². The number of nitrogens with one attached hydrogen (secondary N) is 1. The number of ether oxygens (including phenoxy) is 2. The summed E-state index contributed by atoms with van der Waals surface area (Å²) in [7, 11) is 0. The highest BCUT2D eigenvalue weighted by atomic mass is 16.6. The van der Waals surface area contributed by atoms with E-state index in [0.717, 1.165) is 34.0 Å². The van der Waals surface area contributed by atoms with Gasteiger partial charge in [-0.3, -0.25) is 9.48 Å². The minimum atomic E-state index is -0.153. The van der Waals surface area contributed by atoms with Crippen LogP contribution in [0.15, 0.2) is 48.5 Å². The molecule has 2 aromatic carbocycles. The molecule has 1 aromatic heterocycles. The lowest BCUT2D eigenvalue weighted by Crippen LogP contribution is -2.21. The van der Waals surface area contributed by atoms with Gasteiger partial charge in [0.15, 0.2) is 11.5 Å². The summed E-state index contributed by atoms with van der Waals surface area (Å²) in [5, 5.41) is 7.57. The summed E-state index contributed by atoms with van der Waals surface area (Å²) in [6.07, 6.45) is 3.40. The molecule has 4 rings (SSSR count). The molecule has 6 heteroatoms. The first-order valence-electron chi connectivity index (χ1n) is 10.4. The second kappa shape index (κ2) is 9.08. The quantitative estimate of drug-likeness (QED) is 0.617. The average molecular weight is 418 g/mol. The number of hydrogen-bond acceptors (Lipinski definition) is 4. The van der Waals surface area contributed by atoms with Crippen molar-refractivity contribution in [2.24, 2.45) is 0 Å². The first kappa shape index (κ1) is 20.7. The Labute approximate surface area is 182 Å². The van der Waals surface area contributed by atoms with Gasteiger partial charge in [0.25, 0.3) is 0 Å². The third kappa shape index (κ3) is 4.97. The predicted molar refractivity (Wildman–Crippen MR) is 120 cm³/mol. The standard InChI is InChI=1S/C25H27N3O3/c1-17-4-6-20(7-5-17)16-28-19(3)22(18(2)27-28)9-11-25(29)26-15-21-8-10-23-24(14-21)31-13-12-30-23/h4-11,14H,12-13,15-16H2,1-3H3,(H,26,29)/b11-9+. The fourth-order valence-electron chi connectivity index (χ4n) is 3.58. The number of fused-ring (bicyclic) bond motifs is 1. The van der Waals surface area contributed by atoms with Gasteiger partial charge in [0, 0.05) is 23.9 Å². The van der Waals surface area contributed by atoms with Crippen LogP contribution in [-0.4, -0.2) is 28.9 Å². The lowest BCUT2D eigenvalue weighted by Gasteiger charge is -2.18. The van der Waals surface area contributed by atoms with Crippen molar-refractivity contribution in [3.8, 4) is 11.5 Å². The summed E-state index contributed by atoms with van der Waals surface area (Å²) in [4.78, 5) is 12.3. The normalized spacial score (nSPS) is 12.9. The van der Waals surface area contributed by atoms with Gasteiger partial charge in [0.2, 0.25) is 5.91 Å². The van der Waals surface area contributed by atoms with Gasteiger partial charge in [-0.2, -0.15) is 5.10 Å². The van der Waals surface area contributed by atoms with Gasteiger partial charge in [0.05, 0.1) is 12.2 Å². The number of carbonyl (C=O) groups is 1. The fourth-order valence-corrected chi connectivity index (χ4v) is 3.58. The molecule has 6 nitrogen and oxygen atoms in total. The molecule has 0 unspecified atom stereocenters. The number of aryl methyl sites for hydroxylation is 2. The Bertz CT molecular complexity index is 1110. The van der Waals surface area contributed by atoms with E-state index in [1.807, 2.05) is 42.8 Å². The maximum absolute atomic E-state index is 12.3. The molecule has 0 fully saturated rings. The Kier molecular flexibility index (Phi) is 6.07. The zero-order chi connectivity index (χ0) is 21.8. The predicted octanol–water partition coefficient (Wildman–Crippen LogP) is 3.96. The van der Waals surface area contributed by atoms with Crippen LogP contribution < -0.4 is 14.8 Å². The largest absolute Gasteiger partial charge is 0.486 e. The highest BCUT2D eigenvalue weighted by Crippen LogP contribution is 2.30. The van der Waals surface area contributed by atoms with Crippen LogP contribution in [0.5, 0.6) is 11.5 Å². The van der Waals surface area contributed by atoms with E-state index < -0.39 is 0 Å². The van der Waals surface area contributed by atoms with Crippen LogP contribution in [0.4, 0.5) is 0 Å². The number of nitrogens with zero attached hydrogens (tertiary/aromatic N) is 2. The Hall–Kier alpha value is -3.54. The highest BCUT2D eigenvalue weighted by molar-refractivity contribution is 5.92. The minimum Gasteiger partial charge on any atom is -0.486 e.